The minimum absolute atomic E-state index is 0.0376. The van der Waals surface area contributed by atoms with Crippen LogP contribution in [0.4, 0.5) is 0 Å². The molecule has 0 atom stereocenters. The second kappa shape index (κ2) is 4.66. The van der Waals surface area contributed by atoms with E-state index in [0.29, 0.717) is 5.56 Å². The Balaban J connectivity index is 3.27. The van der Waals surface area contributed by atoms with Gasteiger partial charge in [-0.1, -0.05) is 20.8 Å². The summed E-state index contributed by atoms with van der Waals surface area (Å²) in [5.41, 5.74) is 6.96. The average molecular weight is 221 g/mol. The lowest BCUT2D eigenvalue weighted by molar-refractivity contribution is 0.100. The van der Waals surface area contributed by atoms with E-state index in [4.69, 9.17) is 10.5 Å². The second-order valence-corrected chi connectivity index (χ2v) is 4.79. The van der Waals surface area contributed by atoms with Gasteiger partial charge >= 0.3 is 0 Å². The van der Waals surface area contributed by atoms with E-state index in [1.807, 2.05) is 12.1 Å². The molecule has 0 fully saturated rings. The van der Waals surface area contributed by atoms with Crippen LogP contribution < -0.4 is 10.5 Å². The molecule has 0 bridgehead atoms. The van der Waals surface area contributed by atoms with Crippen molar-refractivity contribution in [3.05, 3.63) is 29.3 Å². The number of hydrogen-bond acceptors (Lipinski definition) is 3. The SMILES string of the molecule is COc1ccc(C(=O)CN)cc1C(C)(C)C. The number of methoxy groups -OCH3 is 1. The van der Waals surface area contributed by atoms with Gasteiger partial charge in [0.25, 0.3) is 0 Å². The molecule has 0 heterocycles. The van der Waals surface area contributed by atoms with Crippen LogP contribution in [0.15, 0.2) is 18.2 Å². The largest absolute Gasteiger partial charge is 0.496 e. The van der Waals surface area contributed by atoms with E-state index in [2.05, 4.69) is 20.8 Å². The topological polar surface area (TPSA) is 52.3 Å². The molecular formula is C13H19NO2. The third-order valence-electron chi connectivity index (χ3n) is 2.51. The van der Waals surface area contributed by atoms with Gasteiger partial charge in [0.15, 0.2) is 5.78 Å². The van der Waals surface area contributed by atoms with Crippen LogP contribution in [-0.2, 0) is 5.41 Å². The van der Waals surface area contributed by atoms with Gasteiger partial charge in [-0.25, -0.2) is 0 Å². The number of ether oxygens (including phenoxy) is 1. The fraction of sp³-hybridized carbons (Fsp3) is 0.462. The Kier molecular flexibility index (Phi) is 3.70. The minimum Gasteiger partial charge on any atom is -0.496 e. The van der Waals surface area contributed by atoms with Gasteiger partial charge in [0, 0.05) is 11.1 Å². The van der Waals surface area contributed by atoms with Crippen LogP contribution in [0.5, 0.6) is 5.75 Å². The van der Waals surface area contributed by atoms with E-state index in [1.54, 1.807) is 13.2 Å². The summed E-state index contributed by atoms with van der Waals surface area (Å²) in [6.07, 6.45) is 0. The van der Waals surface area contributed by atoms with Crippen LogP contribution in [0.25, 0.3) is 0 Å². The summed E-state index contributed by atoms with van der Waals surface area (Å²) >= 11 is 0. The molecular weight excluding hydrogens is 202 g/mol. The summed E-state index contributed by atoms with van der Waals surface area (Å²) < 4.78 is 5.30. The molecule has 0 spiro atoms. The van der Waals surface area contributed by atoms with Gasteiger partial charge in [0.1, 0.15) is 5.75 Å². The van der Waals surface area contributed by atoms with Crippen molar-refractivity contribution in [3.63, 3.8) is 0 Å². The van der Waals surface area contributed by atoms with Crippen molar-refractivity contribution in [2.45, 2.75) is 26.2 Å². The van der Waals surface area contributed by atoms with E-state index >= 15 is 0 Å². The van der Waals surface area contributed by atoms with Crippen LogP contribution in [0.1, 0.15) is 36.7 Å². The third kappa shape index (κ3) is 2.61. The third-order valence-corrected chi connectivity index (χ3v) is 2.51. The number of carbonyl (C=O) groups is 1. The molecule has 0 aliphatic rings. The van der Waals surface area contributed by atoms with E-state index in [0.717, 1.165) is 11.3 Å². The smallest absolute Gasteiger partial charge is 0.176 e. The van der Waals surface area contributed by atoms with Gasteiger partial charge in [-0.15, -0.1) is 0 Å². The van der Waals surface area contributed by atoms with Gasteiger partial charge in [0.05, 0.1) is 13.7 Å². The Hall–Kier alpha value is -1.35. The highest BCUT2D eigenvalue weighted by molar-refractivity contribution is 5.97. The molecule has 0 amide bonds. The zero-order valence-electron chi connectivity index (χ0n) is 10.3. The number of ketones is 1. The van der Waals surface area contributed by atoms with Crippen molar-refractivity contribution >= 4 is 5.78 Å². The Morgan fingerprint density at radius 1 is 1.38 bits per heavy atom. The van der Waals surface area contributed by atoms with Crippen LogP contribution in [0.3, 0.4) is 0 Å². The second-order valence-electron chi connectivity index (χ2n) is 4.79. The summed E-state index contributed by atoms with van der Waals surface area (Å²) in [5, 5.41) is 0. The number of rotatable bonds is 3. The molecule has 0 radical (unpaired) electrons. The first kappa shape index (κ1) is 12.7. The minimum atomic E-state index is -0.0593. The normalized spacial score (nSPS) is 11.3. The number of benzene rings is 1. The van der Waals surface area contributed by atoms with Gasteiger partial charge in [0.2, 0.25) is 0 Å². The van der Waals surface area contributed by atoms with Crippen molar-refractivity contribution in [1.29, 1.82) is 0 Å². The van der Waals surface area contributed by atoms with E-state index in [9.17, 15) is 4.79 Å². The molecule has 2 N–H and O–H groups in total. The molecule has 0 saturated heterocycles. The molecule has 0 unspecified atom stereocenters. The summed E-state index contributed by atoms with van der Waals surface area (Å²) in [6.45, 7) is 6.29. The highest BCUT2D eigenvalue weighted by Crippen LogP contribution is 2.31. The van der Waals surface area contributed by atoms with Crippen molar-refractivity contribution < 1.29 is 9.53 Å². The highest BCUT2D eigenvalue weighted by Gasteiger charge is 2.20. The maximum Gasteiger partial charge on any atom is 0.176 e. The van der Waals surface area contributed by atoms with Crippen LogP contribution in [0.2, 0.25) is 0 Å². The summed E-state index contributed by atoms with van der Waals surface area (Å²) in [4.78, 5) is 11.5. The Bertz CT molecular complexity index is 391. The lowest BCUT2D eigenvalue weighted by Crippen LogP contribution is -2.17. The standard InChI is InChI=1S/C13H19NO2/c1-13(2,3)10-7-9(11(15)8-14)5-6-12(10)16-4/h5-7H,8,14H2,1-4H3. The molecule has 0 aliphatic carbocycles. The highest BCUT2D eigenvalue weighted by atomic mass is 16.5. The van der Waals surface area contributed by atoms with E-state index in [-0.39, 0.29) is 17.7 Å². The van der Waals surface area contributed by atoms with Crippen LogP contribution in [-0.4, -0.2) is 19.4 Å². The maximum atomic E-state index is 11.5. The fourth-order valence-electron chi connectivity index (χ4n) is 1.59. The quantitative estimate of drug-likeness (QED) is 0.795. The van der Waals surface area contributed by atoms with Gasteiger partial charge in [-0.3, -0.25) is 4.79 Å². The Morgan fingerprint density at radius 2 is 2.00 bits per heavy atom. The Morgan fingerprint density at radius 3 is 2.44 bits per heavy atom. The van der Waals surface area contributed by atoms with Gasteiger partial charge in [-0.05, 0) is 23.6 Å². The van der Waals surface area contributed by atoms with E-state index in [1.165, 1.54) is 0 Å². The Labute approximate surface area is 96.6 Å². The molecule has 0 saturated carbocycles. The molecule has 1 aromatic carbocycles. The van der Waals surface area contributed by atoms with Crippen LogP contribution >= 0.6 is 0 Å². The molecule has 0 aliphatic heterocycles. The average Bonchev–Trinajstić information content (AvgIpc) is 2.26. The molecule has 1 rings (SSSR count). The predicted molar refractivity (Wildman–Crippen MR) is 65.1 cm³/mol. The zero-order valence-corrected chi connectivity index (χ0v) is 10.3. The maximum absolute atomic E-state index is 11.5. The van der Waals surface area contributed by atoms with Crippen molar-refractivity contribution in [2.75, 3.05) is 13.7 Å². The monoisotopic (exact) mass is 221 g/mol. The van der Waals surface area contributed by atoms with Crippen molar-refractivity contribution in [3.8, 4) is 5.75 Å². The molecule has 1 aromatic rings. The fourth-order valence-corrected chi connectivity index (χ4v) is 1.59. The molecule has 16 heavy (non-hydrogen) atoms. The molecule has 0 aromatic heterocycles. The van der Waals surface area contributed by atoms with Crippen molar-refractivity contribution in [1.82, 2.24) is 0 Å². The lowest BCUT2D eigenvalue weighted by Gasteiger charge is -2.22. The zero-order chi connectivity index (χ0) is 12.3. The summed E-state index contributed by atoms with van der Waals surface area (Å²) in [5.74, 6) is 0.759. The molecule has 88 valence electrons. The van der Waals surface area contributed by atoms with Crippen molar-refractivity contribution in [2.24, 2.45) is 5.73 Å². The lowest BCUT2D eigenvalue weighted by atomic mass is 9.85. The first-order valence-corrected chi connectivity index (χ1v) is 5.32. The number of carbonyl (C=O) groups excluding carboxylic acids is 1. The first-order chi connectivity index (χ1) is 7.40. The number of Topliss-reactive ketones (excluding diaryl/α,β-unsaturated/α-hetero) is 1. The summed E-state index contributed by atoms with van der Waals surface area (Å²) in [6, 6.07) is 5.45. The first-order valence-electron chi connectivity index (χ1n) is 5.32. The predicted octanol–water partition coefficient (Wildman–Crippen LogP) is 2.13. The van der Waals surface area contributed by atoms with E-state index < -0.39 is 0 Å². The molecule has 3 heteroatoms. The number of hydrogen-bond donors (Lipinski definition) is 1. The van der Waals surface area contributed by atoms with Crippen LogP contribution in [0, 0.1) is 0 Å². The van der Waals surface area contributed by atoms with Gasteiger partial charge in [-0.2, -0.15) is 0 Å². The summed E-state index contributed by atoms with van der Waals surface area (Å²) in [7, 11) is 1.63. The molecule has 3 nitrogen and oxygen atoms in total. The number of nitrogens with two attached hydrogens (primary N) is 1. The van der Waals surface area contributed by atoms with Gasteiger partial charge < -0.3 is 10.5 Å².